The van der Waals surface area contributed by atoms with Gasteiger partial charge >= 0.3 is 5.97 Å². The van der Waals surface area contributed by atoms with Crippen molar-refractivity contribution in [2.24, 2.45) is 5.10 Å². The van der Waals surface area contributed by atoms with Gasteiger partial charge < -0.3 is 29.0 Å². The lowest BCUT2D eigenvalue weighted by molar-refractivity contribution is -0.120. The summed E-state index contributed by atoms with van der Waals surface area (Å²) in [7, 11) is 4.39. The summed E-state index contributed by atoms with van der Waals surface area (Å²) in [6.07, 6.45) is 1.38. The molecule has 0 aliphatic rings. The molecule has 0 heterocycles. The molecule has 0 aliphatic heterocycles. The van der Waals surface area contributed by atoms with E-state index < -0.39 is 17.8 Å². The Morgan fingerprint density at radius 2 is 1.44 bits per heavy atom. The SMILES string of the molecule is CCOc1ccc(C(=O)Oc2ccc(/C=N\NC(=O)CNC(=O)c3ccc(OC)c(OC)c3)cc2OC)cc1. The second-order valence-electron chi connectivity index (χ2n) is 7.80. The van der Waals surface area contributed by atoms with Gasteiger partial charge in [0, 0.05) is 5.56 Å². The summed E-state index contributed by atoms with van der Waals surface area (Å²) >= 11 is 0. The number of nitrogens with zero attached hydrogens (tertiary/aromatic N) is 1. The highest BCUT2D eigenvalue weighted by Gasteiger charge is 2.14. The van der Waals surface area contributed by atoms with Crippen molar-refractivity contribution in [3.8, 4) is 28.7 Å². The maximum Gasteiger partial charge on any atom is 0.343 e. The number of nitrogens with one attached hydrogen (secondary N) is 2. The van der Waals surface area contributed by atoms with Crippen LogP contribution in [0.25, 0.3) is 0 Å². The molecule has 0 saturated heterocycles. The molecule has 11 heteroatoms. The van der Waals surface area contributed by atoms with Crippen LogP contribution in [0, 0.1) is 0 Å². The van der Waals surface area contributed by atoms with Gasteiger partial charge in [0.25, 0.3) is 11.8 Å². The molecule has 0 spiro atoms. The molecule has 0 aromatic heterocycles. The van der Waals surface area contributed by atoms with Gasteiger partial charge in [-0.15, -0.1) is 0 Å². The predicted octanol–water partition coefficient (Wildman–Crippen LogP) is 3.21. The third kappa shape index (κ3) is 7.96. The number of benzene rings is 3. The number of ether oxygens (including phenoxy) is 5. The van der Waals surface area contributed by atoms with Gasteiger partial charge in [-0.25, -0.2) is 10.2 Å². The Balaban J connectivity index is 1.53. The molecular formula is C28H29N3O8. The summed E-state index contributed by atoms with van der Waals surface area (Å²) in [6, 6.07) is 16.0. The smallest absolute Gasteiger partial charge is 0.343 e. The van der Waals surface area contributed by atoms with Crippen LogP contribution in [0.5, 0.6) is 28.7 Å². The second kappa shape index (κ2) is 14.0. The highest BCUT2D eigenvalue weighted by atomic mass is 16.6. The zero-order chi connectivity index (χ0) is 28.2. The van der Waals surface area contributed by atoms with Crippen LogP contribution >= 0.6 is 0 Å². The van der Waals surface area contributed by atoms with Crippen LogP contribution in [0.15, 0.2) is 65.8 Å². The normalized spacial score (nSPS) is 10.5. The highest BCUT2D eigenvalue weighted by molar-refractivity contribution is 5.97. The highest BCUT2D eigenvalue weighted by Crippen LogP contribution is 2.29. The van der Waals surface area contributed by atoms with Crippen molar-refractivity contribution in [3.63, 3.8) is 0 Å². The molecule has 2 amide bonds. The molecule has 0 saturated carbocycles. The lowest BCUT2D eigenvalue weighted by Gasteiger charge is -2.10. The minimum Gasteiger partial charge on any atom is -0.494 e. The quantitative estimate of drug-likeness (QED) is 0.156. The summed E-state index contributed by atoms with van der Waals surface area (Å²) < 4.78 is 26.5. The van der Waals surface area contributed by atoms with E-state index in [1.807, 2.05) is 6.92 Å². The molecule has 204 valence electrons. The largest absolute Gasteiger partial charge is 0.494 e. The molecule has 2 N–H and O–H groups in total. The molecule has 0 aliphatic carbocycles. The fraction of sp³-hybridized carbons (Fsp3) is 0.214. The molecule has 39 heavy (non-hydrogen) atoms. The Labute approximate surface area is 225 Å². The summed E-state index contributed by atoms with van der Waals surface area (Å²) in [4.78, 5) is 37.0. The Hall–Kier alpha value is -5.06. The van der Waals surface area contributed by atoms with E-state index in [0.29, 0.717) is 46.3 Å². The van der Waals surface area contributed by atoms with Gasteiger partial charge in [-0.05, 0) is 73.2 Å². The molecule has 0 unspecified atom stereocenters. The van der Waals surface area contributed by atoms with E-state index in [4.69, 9.17) is 23.7 Å². The number of carbonyl (C=O) groups excluding carboxylic acids is 3. The zero-order valence-corrected chi connectivity index (χ0v) is 22.0. The van der Waals surface area contributed by atoms with Crippen molar-refractivity contribution in [2.75, 3.05) is 34.5 Å². The molecule has 3 rings (SSSR count). The number of rotatable bonds is 12. The van der Waals surface area contributed by atoms with Gasteiger partial charge in [0.15, 0.2) is 23.0 Å². The molecule has 11 nitrogen and oxygen atoms in total. The van der Waals surface area contributed by atoms with Crippen LogP contribution in [0.4, 0.5) is 0 Å². The molecule has 0 fully saturated rings. The first-order chi connectivity index (χ1) is 18.9. The first-order valence-corrected chi connectivity index (χ1v) is 11.8. The first-order valence-electron chi connectivity index (χ1n) is 11.8. The fourth-order valence-corrected chi connectivity index (χ4v) is 3.32. The van der Waals surface area contributed by atoms with Crippen molar-refractivity contribution < 1.29 is 38.1 Å². The number of hydrazone groups is 1. The van der Waals surface area contributed by atoms with Crippen LogP contribution in [0.1, 0.15) is 33.2 Å². The van der Waals surface area contributed by atoms with E-state index in [1.54, 1.807) is 54.6 Å². The van der Waals surface area contributed by atoms with Crippen LogP contribution in [-0.4, -0.2) is 58.5 Å². The van der Waals surface area contributed by atoms with Gasteiger partial charge in [0.1, 0.15) is 5.75 Å². The maximum absolute atomic E-state index is 12.5. The Morgan fingerprint density at radius 3 is 2.10 bits per heavy atom. The van der Waals surface area contributed by atoms with Crippen LogP contribution in [0.3, 0.4) is 0 Å². The number of hydrogen-bond acceptors (Lipinski definition) is 9. The second-order valence-corrected chi connectivity index (χ2v) is 7.80. The Morgan fingerprint density at radius 1 is 0.795 bits per heavy atom. The van der Waals surface area contributed by atoms with Gasteiger partial charge in [-0.1, -0.05) is 0 Å². The number of carbonyl (C=O) groups is 3. The zero-order valence-electron chi connectivity index (χ0n) is 22.0. The van der Waals surface area contributed by atoms with Gasteiger partial charge in [0.2, 0.25) is 0 Å². The van der Waals surface area contributed by atoms with E-state index in [9.17, 15) is 14.4 Å². The standard InChI is InChI=1S/C28H29N3O8/c1-5-38-21-10-7-19(8-11-21)28(34)39-23-12-6-18(14-24(23)36-3)16-30-31-26(32)17-29-27(33)20-9-13-22(35-2)25(15-20)37-4/h6-16H,5,17H2,1-4H3,(H,29,33)(H,31,32)/b30-16-. The van der Waals surface area contributed by atoms with Crippen molar-refractivity contribution in [1.29, 1.82) is 0 Å². The predicted molar refractivity (Wildman–Crippen MR) is 143 cm³/mol. The van der Waals surface area contributed by atoms with Crippen LogP contribution in [0.2, 0.25) is 0 Å². The van der Waals surface area contributed by atoms with Crippen molar-refractivity contribution in [2.45, 2.75) is 6.92 Å². The summed E-state index contributed by atoms with van der Waals surface area (Å²) in [5.74, 6) is 0.497. The van der Waals surface area contributed by atoms with E-state index in [0.717, 1.165) is 0 Å². The average molecular weight is 536 g/mol. The number of esters is 1. The van der Waals surface area contributed by atoms with Crippen molar-refractivity contribution >= 4 is 24.0 Å². The molecular weight excluding hydrogens is 506 g/mol. The van der Waals surface area contributed by atoms with E-state index in [2.05, 4.69) is 15.8 Å². The van der Waals surface area contributed by atoms with E-state index >= 15 is 0 Å². The number of hydrogen-bond donors (Lipinski definition) is 2. The third-order valence-electron chi connectivity index (χ3n) is 5.25. The van der Waals surface area contributed by atoms with Crippen molar-refractivity contribution in [3.05, 3.63) is 77.4 Å². The first kappa shape index (κ1) is 28.5. The van der Waals surface area contributed by atoms with E-state index in [1.165, 1.54) is 33.6 Å². The van der Waals surface area contributed by atoms with Crippen LogP contribution < -0.4 is 34.4 Å². The fourth-order valence-electron chi connectivity index (χ4n) is 3.32. The van der Waals surface area contributed by atoms with Crippen molar-refractivity contribution in [1.82, 2.24) is 10.7 Å². The molecule has 0 bridgehead atoms. The Bertz CT molecular complexity index is 1340. The van der Waals surface area contributed by atoms with Gasteiger partial charge in [-0.2, -0.15) is 5.10 Å². The summed E-state index contributed by atoms with van der Waals surface area (Å²) in [6.45, 7) is 2.10. The minimum absolute atomic E-state index is 0.218. The number of amides is 2. The summed E-state index contributed by atoms with van der Waals surface area (Å²) in [5, 5.41) is 6.40. The summed E-state index contributed by atoms with van der Waals surface area (Å²) in [5.41, 5.74) is 3.56. The van der Waals surface area contributed by atoms with Gasteiger partial charge in [-0.3, -0.25) is 9.59 Å². The van der Waals surface area contributed by atoms with Gasteiger partial charge in [0.05, 0.1) is 46.3 Å². The molecule has 3 aromatic rings. The van der Waals surface area contributed by atoms with E-state index in [-0.39, 0.29) is 12.3 Å². The molecule has 3 aromatic carbocycles. The lowest BCUT2D eigenvalue weighted by Crippen LogP contribution is -2.34. The molecule has 0 atom stereocenters. The average Bonchev–Trinajstić information content (AvgIpc) is 2.96. The Kier molecular flexibility index (Phi) is 10.3. The lowest BCUT2D eigenvalue weighted by atomic mass is 10.2. The number of methoxy groups -OCH3 is 3. The maximum atomic E-state index is 12.5. The van der Waals surface area contributed by atoms with Crippen LogP contribution in [-0.2, 0) is 4.79 Å². The molecule has 0 radical (unpaired) electrons. The topological polar surface area (TPSA) is 134 Å². The monoisotopic (exact) mass is 535 g/mol. The minimum atomic E-state index is -0.555. The third-order valence-corrected chi connectivity index (χ3v) is 5.25.